The van der Waals surface area contributed by atoms with Crippen LogP contribution in [0.4, 0.5) is 14.9 Å². The Morgan fingerprint density at radius 3 is 2.58 bits per heavy atom. The molecule has 180 valence electrons. The largest absolute Gasteiger partial charge is 0.506 e. The summed E-state index contributed by atoms with van der Waals surface area (Å²) in [6.45, 7) is 2.96. The minimum atomic E-state index is -4.31. The van der Waals surface area contributed by atoms with E-state index in [1.807, 2.05) is 0 Å². The number of phenols is 1. The SMILES string of the molecule is CC(C)OC(=O)N1CC(c2ccc(O)c(N3CC(=O)NS3(=O)=O)c2F)=C[C@H]1CCC1CCC1. The summed E-state index contributed by atoms with van der Waals surface area (Å²) < 4.78 is 47.7. The summed E-state index contributed by atoms with van der Waals surface area (Å²) in [5, 5.41) is 10.2. The maximum absolute atomic E-state index is 15.6. The zero-order valence-corrected chi connectivity index (χ0v) is 19.4. The zero-order valence-electron chi connectivity index (χ0n) is 18.6. The maximum atomic E-state index is 15.6. The first kappa shape index (κ1) is 23.3. The lowest BCUT2D eigenvalue weighted by molar-refractivity contribution is -0.117. The van der Waals surface area contributed by atoms with Gasteiger partial charge < -0.3 is 9.84 Å². The van der Waals surface area contributed by atoms with Gasteiger partial charge in [-0.15, -0.1) is 0 Å². The molecule has 9 nitrogen and oxygen atoms in total. The van der Waals surface area contributed by atoms with Crippen molar-refractivity contribution in [2.45, 2.75) is 58.1 Å². The number of carbonyl (C=O) groups is 2. The van der Waals surface area contributed by atoms with Crippen LogP contribution in [0.5, 0.6) is 5.75 Å². The monoisotopic (exact) mass is 481 g/mol. The number of nitrogens with zero attached hydrogens (tertiary/aromatic N) is 2. The van der Waals surface area contributed by atoms with Crippen molar-refractivity contribution < 1.29 is 32.2 Å². The summed E-state index contributed by atoms with van der Waals surface area (Å²) in [5.74, 6) is -1.77. The number of amides is 2. The van der Waals surface area contributed by atoms with E-state index in [4.69, 9.17) is 4.74 Å². The summed E-state index contributed by atoms with van der Waals surface area (Å²) in [7, 11) is -4.31. The first-order valence-corrected chi connectivity index (χ1v) is 12.5. The van der Waals surface area contributed by atoms with Gasteiger partial charge in [0, 0.05) is 5.56 Å². The molecule has 1 aliphatic carbocycles. The summed E-state index contributed by atoms with van der Waals surface area (Å²) in [6, 6.07) is 2.26. The molecule has 2 amide bonds. The molecule has 2 fully saturated rings. The number of aromatic hydroxyl groups is 1. The Hall–Kier alpha value is -2.82. The highest BCUT2D eigenvalue weighted by molar-refractivity contribution is 7.92. The number of hydrogen-bond donors (Lipinski definition) is 2. The molecule has 2 N–H and O–H groups in total. The van der Waals surface area contributed by atoms with Crippen LogP contribution in [0.3, 0.4) is 0 Å². The van der Waals surface area contributed by atoms with Gasteiger partial charge in [-0.1, -0.05) is 25.3 Å². The van der Waals surface area contributed by atoms with Gasteiger partial charge in [0.15, 0.2) is 5.82 Å². The predicted molar refractivity (Wildman–Crippen MR) is 119 cm³/mol. The minimum Gasteiger partial charge on any atom is -0.506 e. The van der Waals surface area contributed by atoms with Crippen LogP contribution in [0.25, 0.3) is 5.57 Å². The van der Waals surface area contributed by atoms with Crippen LogP contribution in [0.15, 0.2) is 18.2 Å². The van der Waals surface area contributed by atoms with Crippen molar-refractivity contribution in [3.05, 3.63) is 29.6 Å². The molecule has 1 atom stereocenters. The van der Waals surface area contributed by atoms with Crippen LogP contribution < -0.4 is 9.03 Å². The van der Waals surface area contributed by atoms with Crippen LogP contribution in [-0.4, -0.2) is 55.7 Å². The molecule has 2 aliphatic heterocycles. The number of halogens is 1. The van der Waals surface area contributed by atoms with E-state index in [-0.39, 0.29) is 24.3 Å². The Morgan fingerprint density at radius 1 is 1.27 bits per heavy atom. The highest BCUT2D eigenvalue weighted by atomic mass is 32.2. The Morgan fingerprint density at radius 2 is 2.00 bits per heavy atom. The predicted octanol–water partition coefficient (Wildman–Crippen LogP) is 2.91. The van der Waals surface area contributed by atoms with E-state index in [9.17, 15) is 23.1 Å². The van der Waals surface area contributed by atoms with Crippen LogP contribution in [0.1, 0.15) is 51.5 Å². The lowest BCUT2D eigenvalue weighted by atomic mass is 9.81. The Balaban J connectivity index is 1.65. The number of benzene rings is 1. The fourth-order valence-electron chi connectivity index (χ4n) is 4.43. The Bertz CT molecular complexity index is 1100. The highest BCUT2D eigenvalue weighted by Gasteiger charge is 2.39. The zero-order chi connectivity index (χ0) is 23.9. The lowest BCUT2D eigenvalue weighted by Gasteiger charge is -2.29. The molecule has 3 aliphatic rings. The van der Waals surface area contributed by atoms with E-state index in [1.165, 1.54) is 31.4 Å². The smallest absolute Gasteiger partial charge is 0.410 e. The summed E-state index contributed by atoms with van der Waals surface area (Å²) in [5.41, 5.74) is -0.0456. The molecule has 0 spiro atoms. The number of carbonyl (C=O) groups excluding carboxylic acids is 2. The molecular formula is C22H28FN3O6S. The van der Waals surface area contributed by atoms with Crippen molar-refractivity contribution in [3.8, 4) is 5.75 Å². The average Bonchev–Trinajstić information content (AvgIpc) is 3.20. The molecule has 1 aromatic rings. The summed E-state index contributed by atoms with van der Waals surface area (Å²) in [4.78, 5) is 25.9. The van der Waals surface area contributed by atoms with Gasteiger partial charge in [0.25, 0.3) is 5.91 Å². The van der Waals surface area contributed by atoms with Crippen molar-refractivity contribution in [2.24, 2.45) is 5.92 Å². The standard InChI is InChI=1S/C22H28FN3O6S/c1-13(2)32-22(29)25-11-15(10-16(25)7-6-14-4-3-5-14)17-8-9-18(27)21(20(17)23)26-12-19(28)24-33(26,30)31/h8-10,13-14,16,27H,3-7,11-12H2,1-2H3,(H,24,28)/t16-/m1/s1. The normalized spacial score (nSPS) is 22.4. The minimum absolute atomic E-state index is 0.0610. The van der Waals surface area contributed by atoms with Crippen LogP contribution in [0, 0.1) is 11.7 Å². The van der Waals surface area contributed by atoms with E-state index in [0.29, 0.717) is 22.2 Å². The molecule has 1 saturated carbocycles. The number of anilines is 1. The molecule has 1 aromatic carbocycles. The maximum Gasteiger partial charge on any atom is 0.410 e. The molecule has 0 radical (unpaired) electrons. The Kier molecular flexibility index (Phi) is 6.26. The Labute approximate surface area is 192 Å². The molecule has 11 heteroatoms. The molecule has 0 unspecified atom stereocenters. The summed E-state index contributed by atoms with van der Waals surface area (Å²) in [6.07, 6.45) is 6.23. The second kappa shape index (κ2) is 8.85. The van der Waals surface area contributed by atoms with E-state index in [1.54, 1.807) is 29.5 Å². The van der Waals surface area contributed by atoms with E-state index in [2.05, 4.69) is 0 Å². The molecular weight excluding hydrogens is 453 g/mol. The number of rotatable bonds is 6. The average molecular weight is 482 g/mol. The highest BCUT2D eigenvalue weighted by Crippen LogP contribution is 2.40. The van der Waals surface area contributed by atoms with Crippen LogP contribution in [0.2, 0.25) is 0 Å². The van der Waals surface area contributed by atoms with Crippen molar-refractivity contribution >= 4 is 33.5 Å². The van der Waals surface area contributed by atoms with Gasteiger partial charge in [-0.3, -0.25) is 9.69 Å². The topological polar surface area (TPSA) is 116 Å². The number of phenolic OH excluding ortho intramolecular Hbond substituents is 1. The number of hydrogen-bond acceptors (Lipinski definition) is 6. The molecule has 2 heterocycles. The second-order valence-electron chi connectivity index (χ2n) is 9.03. The van der Waals surface area contributed by atoms with Crippen molar-refractivity contribution in [1.82, 2.24) is 9.62 Å². The van der Waals surface area contributed by atoms with Gasteiger partial charge in [-0.25, -0.2) is 18.2 Å². The number of ether oxygens (including phenoxy) is 1. The third kappa shape index (κ3) is 4.64. The van der Waals surface area contributed by atoms with E-state index in [0.717, 1.165) is 6.42 Å². The second-order valence-corrected chi connectivity index (χ2v) is 10.6. The quantitative estimate of drug-likeness (QED) is 0.645. The molecule has 33 heavy (non-hydrogen) atoms. The van der Waals surface area contributed by atoms with Gasteiger partial charge in [0.1, 0.15) is 18.0 Å². The first-order valence-electron chi connectivity index (χ1n) is 11.1. The molecule has 4 rings (SSSR count). The lowest BCUT2D eigenvalue weighted by Crippen LogP contribution is -2.38. The van der Waals surface area contributed by atoms with Gasteiger partial charge in [-0.05, 0) is 50.3 Å². The molecule has 1 saturated heterocycles. The van der Waals surface area contributed by atoms with Gasteiger partial charge >= 0.3 is 16.3 Å². The van der Waals surface area contributed by atoms with Gasteiger partial charge in [0.2, 0.25) is 0 Å². The molecule has 0 bridgehead atoms. The third-order valence-electron chi connectivity index (χ3n) is 6.31. The van der Waals surface area contributed by atoms with E-state index >= 15 is 4.39 Å². The van der Waals surface area contributed by atoms with Crippen molar-refractivity contribution in [1.29, 1.82) is 0 Å². The first-order chi connectivity index (χ1) is 15.6. The molecule has 0 aromatic heterocycles. The fourth-order valence-corrected chi connectivity index (χ4v) is 5.60. The van der Waals surface area contributed by atoms with Crippen molar-refractivity contribution in [3.63, 3.8) is 0 Å². The summed E-state index contributed by atoms with van der Waals surface area (Å²) >= 11 is 0. The number of nitrogens with one attached hydrogen (secondary N) is 1. The van der Waals surface area contributed by atoms with E-state index < -0.39 is 46.0 Å². The van der Waals surface area contributed by atoms with Crippen molar-refractivity contribution in [2.75, 3.05) is 17.4 Å². The third-order valence-corrected chi connectivity index (χ3v) is 7.69. The van der Waals surface area contributed by atoms with Crippen LogP contribution in [-0.2, 0) is 19.7 Å². The van der Waals surface area contributed by atoms with Gasteiger partial charge in [0.05, 0.1) is 18.7 Å². The fraction of sp³-hybridized carbons (Fsp3) is 0.545. The van der Waals surface area contributed by atoms with Gasteiger partial charge in [-0.2, -0.15) is 8.42 Å². The van der Waals surface area contributed by atoms with Crippen LogP contribution >= 0.6 is 0 Å².